The third-order valence-electron chi connectivity index (χ3n) is 6.94. The van der Waals surface area contributed by atoms with Gasteiger partial charge in [0.05, 0.1) is 24.3 Å². The summed E-state index contributed by atoms with van der Waals surface area (Å²) in [6, 6.07) is 10.1. The van der Waals surface area contributed by atoms with Gasteiger partial charge in [-0.3, -0.25) is 4.90 Å². The standard InChI is InChI=1S/C27H37N9O2/c1-19(2)35-18-29-23-24(30-26(31-25(23)35)34-13-11-33(12-14-34)15-16-37)28-17-20-7-5-6-8-21(20)36-10-9-22(32-36)27(3,4)38/h5-10,18-19,37-38H,11-17H2,1-4H3,(H,28,30,31). The molecule has 0 radical (unpaired) electrons. The van der Waals surface area contributed by atoms with Gasteiger partial charge in [-0.25, -0.2) is 9.67 Å². The molecule has 3 N–H and O–H groups in total. The third kappa shape index (κ3) is 5.35. The number of aliphatic hydroxyl groups is 2. The van der Waals surface area contributed by atoms with Crippen LogP contribution in [0.5, 0.6) is 0 Å². The van der Waals surface area contributed by atoms with Crippen LogP contribution in [0.4, 0.5) is 11.8 Å². The first kappa shape index (κ1) is 26.1. The van der Waals surface area contributed by atoms with Crippen LogP contribution in [0.25, 0.3) is 16.9 Å². The first-order valence-corrected chi connectivity index (χ1v) is 13.2. The smallest absolute Gasteiger partial charge is 0.229 e. The number of hydrogen-bond acceptors (Lipinski definition) is 9. The Bertz CT molecular complexity index is 1380. The van der Waals surface area contributed by atoms with Crippen LogP contribution in [0.3, 0.4) is 0 Å². The summed E-state index contributed by atoms with van der Waals surface area (Å²) in [6.07, 6.45) is 3.70. The highest BCUT2D eigenvalue weighted by atomic mass is 16.3. The van der Waals surface area contributed by atoms with E-state index in [1.807, 2.05) is 36.8 Å². The molecule has 11 heteroatoms. The number of para-hydroxylation sites is 1. The van der Waals surface area contributed by atoms with E-state index in [0.29, 0.717) is 30.5 Å². The lowest BCUT2D eigenvalue weighted by atomic mass is 10.1. The second-order valence-electron chi connectivity index (χ2n) is 10.5. The van der Waals surface area contributed by atoms with Crippen molar-refractivity contribution < 1.29 is 10.2 Å². The average Bonchev–Trinajstić information content (AvgIpc) is 3.56. The molecule has 0 aliphatic carbocycles. The fourth-order valence-corrected chi connectivity index (χ4v) is 4.71. The summed E-state index contributed by atoms with van der Waals surface area (Å²) in [5.41, 5.74) is 3.10. The number of piperazine rings is 1. The highest BCUT2D eigenvalue weighted by Gasteiger charge is 2.23. The molecule has 1 aliphatic heterocycles. The zero-order valence-corrected chi connectivity index (χ0v) is 22.5. The van der Waals surface area contributed by atoms with Crippen LogP contribution in [0, 0.1) is 0 Å². The van der Waals surface area contributed by atoms with E-state index in [9.17, 15) is 10.2 Å². The summed E-state index contributed by atoms with van der Waals surface area (Å²) in [4.78, 5) is 19.0. The lowest BCUT2D eigenvalue weighted by Crippen LogP contribution is -2.47. The van der Waals surface area contributed by atoms with Crippen LogP contribution in [-0.2, 0) is 12.1 Å². The molecule has 4 heterocycles. The summed E-state index contributed by atoms with van der Waals surface area (Å²) in [7, 11) is 0. The molecule has 0 unspecified atom stereocenters. The number of fused-ring (bicyclic) bond motifs is 1. The lowest BCUT2D eigenvalue weighted by Gasteiger charge is -2.34. The molecule has 5 rings (SSSR count). The summed E-state index contributed by atoms with van der Waals surface area (Å²) < 4.78 is 3.87. The Morgan fingerprint density at radius 2 is 1.82 bits per heavy atom. The van der Waals surface area contributed by atoms with Crippen molar-refractivity contribution in [3.05, 3.63) is 54.1 Å². The zero-order chi connectivity index (χ0) is 26.9. The zero-order valence-electron chi connectivity index (χ0n) is 22.5. The molecule has 3 aromatic heterocycles. The molecule has 1 saturated heterocycles. The minimum Gasteiger partial charge on any atom is -0.395 e. The Balaban J connectivity index is 1.44. The maximum atomic E-state index is 10.4. The van der Waals surface area contributed by atoms with E-state index in [0.717, 1.165) is 48.6 Å². The maximum Gasteiger partial charge on any atom is 0.229 e. The highest BCUT2D eigenvalue weighted by molar-refractivity contribution is 5.84. The van der Waals surface area contributed by atoms with E-state index in [1.54, 1.807) is 18.5 Å². The molecule has 1 aliphatic rings. The van der Waals surface area contributed by atoms with Crippen molar-refractivity contribution in [2.24, 2.45) is 0 Å². The van der Waals surface area contributed by atoms with Gasteiger partial charge in [-0.2, -0.15) is 15.1 Å². The first-order valence-electron chi connectivity index (χ1n) is 13.2. The molecule has 1 fully saturated rings. The normalized spacial score (nSPS) is 15.1. The van der Waals surface area contributed by atoms with E-state index in [4.69, 9.17) is 9.97 Å². The molecule has 38 heavy (non-hydrogen) atoms. The quantitative estimate of drug-likeness (QED) is 0.306. The van der Waals surface area contributed by atoms with Crippen LogP contribution in [-0.4, -0.2) is 83.7 Å². The fraction of sp³-hybridized carbons (Fsp3) is 0.481. The van der Waals surface area contributed by atoms with Gasteiger partial charge in [-0.1, -0.05) is 18.2 Å². The number of nitrogens with zero attached hydrogens (tertiary/aromatic N) is 8. The van der Waals surface area contributed by atoms with Gasteiger partial charge < -0.3 is 25.0 Å². The number of imidazole rings is 1. The van der Waals surface area contributed by atoms with E-state index in [2.05, 4.69) is 49.7 Å². The second-order valence-corrected chi connectivity index (χ2v) is 10.5. The van der Waals surface area contributed by atoms with Crippen LogP contribution in [0.2, 0.25) is 0 Å². The molecule has 0 atom stereocenters. The molecule has 1 aromatic carbocycles. The molecular formula is C27H37N9O2. The summed E-state index contributed by atoms with van der Waals surface area (Å²) in [5, 5.41) is 27.8. The SMILES string of the molecule is CC(C)n1cnc2c(NCc3ccccc3-n3ccc(C(C)(C)O)n3)nc(N3CCN(CCO)CC3)nc21. The summed E-state index contributed by atoms with van der Waals surface area (Å²) in [6.45, 7) is 12.4. The number of nitrogens with one attached hydrogen (secondary N) is 1. The fourth-order valence-electron chi connectivity index (χ4n) is 4.71. The molecule has 0 amide bonds. The number of aliphatic hydroxyl groups excluding tert-OH is 1. The van der Waals surface area contributed by atoms with Crippen molar-refractivity contribution in [1.29, 1.82) is 0 Å². The largest absolute Gasteiger partial charge is 0.395 e. The Kier molecular flexibility index (Phi) is 7.33. The third-order valence-corrected chi connectivity index (χ3v) is 6.94. The minimum atomic E-state index is -1.01. The number of β-amino-alcohol motifs (C(OH)–C–C–N with tert-alkyl or cyclic N) is 1. The van der Waals surface area contributed by atoms with Gasteiger partial charge in [-0.15, -0.1) is 0 Å². The Labute approximate surface area is 222 Å². The number of hydrogen-bond donors (Lipinski definition) is 3. The van der Waals surface area contributed by atoms with Crippen molar-refractivity contribution in [2.45, 2.75) is 45.9 Å². The van der Waals surface area contributed by atoms with Crippen LogP contribution < -0.4 is 10.2 Å². The topological polar surface area (TPSA) is 120 Å². The molecule has 202 valence electrons. The van der Waals surface area contributed by atoms with E-state index in [-0.39, 0.29) is 12.6 Å². The molecule has 0 bridgehead atoms. The van der Waals surface area contributed by atoms with E-state index >= 15 is 0 Å². The molecule has 0 spiro atoms. The predicted molar refractivity (Wildman–Crippen MR) is 148 cm³/mol. The molecule has 11 nitrogen and oxygen atoms in total. The Morgan fingerprint density at radius 1 is 1.05 bits per heavy atom. The van der Waals surface area contributed by atoms with Gasteiger partial charge in [0, 0.05) is 51.5 Å². The molecular weight excluding hydrogens is 482 g/mol. The minimum absolute atomic E-state index is 0.170. The first-order chi connectivity index (χ1) is 18.2. The number of rotatable bonds is 9. The monoisotopic (exact) mass is 519 g/mol. The van der Waals surface area contributed by atoms with Crippen LogP contribution in [0.1, 0.15) is 45.0 Å². The Morgan fingerprint density at radius 3 is 2.50 bits per heavy atom. The second kappa shape index (κ2) is 10.7. The summed E-state index contributed by atoms with van der Waals surface area (Å²) in [5.74, 6) is 1.37. The average molecular weight is 520 g/mol. The van der Waals surface area contributed by atoms with Gasteiger partial charge in [0.1, 0.15) is 5.60 Å². The molecule has 4 aromatic rings. The summed E-state index contributed by atoms with van der Waals surface area (Å²) >= 11 is 0. The van der Waals surface area contributed by atoms with Gasteiger partial charge in [0.25, 0.3) is 0 Å². The van der Waals surface area contributed by atoms with Crippen LogP contribution >= 0.6 is 0 Å². The van der Waals surface area contributed by atoms with Crippen molar-refractivity contribution in [2.75, 3.05) is 49.5 Å². The number of aromatic nitrogens is 6. The Hall–Kier alpha value is -3.54. The predicted octanol–water partition coefficient (Wildman–Crippen LogP) is 2.55. The molecule has 0 saturated carbocycles. The van der Waals surface area contributed by atoms with Crippen molar-refractivity contribution in [3.63, 3.8) is 0 Å². The van der Waals surface area contributed by atoms with Gasteiger partial charge in [-0.05, 0) is 45.4 Å². The maximum absolute atomic E-state index is 10.4. The highest BCUT2D eigenvalue weighted by Crippen LogP contribution is 2.27. The van der Waals surface area contributed by atoms with Gasteiger partial charge in [0.15, 0.2) is 17.0 Å². The van der Waals surface area contributed by atoms with E-state index < -0.39 is 5.60 Å². The van der Waals surface area contributed by atoms with Crippen molar-refractivity contribution in [3.8, 4) is 5.69 Å². The lowest BCUT2D eigenvalue weighted by molar-refractivity contribution is 0.0734. The van der Waals surface area contributed by atoms with Crippen molar-refractivity contribution >= 4 is 22.9 Å². The number of benzene rings is 1. The van der Waals surface area contributed by atoms with E-state index in [1.165, 1.54) is 0 Å². The van der Waals surface area contributed by atoms with Gasteiger partial charge >= 0.3 is 0 Å². The van der Waals surface area contributed by atoms with Gasteiger partial charge in [0.2, 0.25) is 5.95 Å². The van der Waals surface area contributed by atoms with Crippen molar-refractivity contribution in [1.82, 2.24) is 34.2 Å². The van der Waals surface area contributed by atoms with Crippen LogP contribution in [0.15, 0.2) is 42.9 Å². The number of anilines is 2.